The van der Waals surface area contributed by atoms with Gasteiger partial charge in [-0.1, -0.05) is 13.0 Å². The van der Waals surface area contributed by atoms with Crippen molar-refractivity contribution in [3.8, 4) is 11.5 Å². The summed E-state index contributed by atoms with van der Waals surface area (Å²) in [7, 11) is -1.42. The quantitative estimate of drug-likeness (QED) is 0.663. The molecule has 0 radical (unpaired) electrons. The zero-order valence-corrected chi connectivity index (χ0v) is 18.0. The average molecular weight is 404 g/mol. The number of aryl methyl sites for hydroxylation is 3. The highest BCUT2D eigenvalue weighted by molar-refractivity contribution is 7.60. The third kappa shape index (κ3) is 3.89. The van der Waals surface area contributed by atoms with Gasteiger partial charge >= 0.3 is 0 Å². The fourth-order valence-corrected chi connectivity index (χ4v) is 6.54. The predicted molar refractivity (Wildman–Crippen MR) is 112 cm³/mol. The Hall–Kier alpha value is -2.04. The SMILES string of the molecule is COc1cc(C(CNc2ccc(C)nc2C)P2(=O)OCCC2C)cc(C)c1O. The van der Waals surface area contributed by atoms with Crippen molar-refractivity contribution in [1.82, 2.24) is 4.98 Å². The van der Waals surface area contributed by atoms with Gasteiger partial charge in [0.1, 0.15) is 0 Å². The van der Waals surface area contributed by atoms with Gasteiger partial charge in [-0.25, -0.2) is 0 Å². The molecule has 3 unspecified atom stereocenters. The largest absolute Gasteiger partial charge is 0.504 e. The first-order valence-electron chi connectivity index (χ1n) is 9.55. The second-order valence-electron chi connectivity index (χ2n) is 7.49. The highest BCUT2D eigenvalue weighted by Gasteiger charge is 2.44. The lowest BCUT2D eigenvalue weighted by molar-refractivity contribution is 0.344. The Bertz CT molecular complexity index is 916. The van der Waals surface area contributed by atoms with Crippen LogP contribution >= 0.6 is 7.37 Å². The second kappa shape index (κ2) is 8.14. The van der Waals surface area contributed by atoms with Gasteiger partial charge in [-0.3, -0.25) is 9.55 Å². The predicted octanol–water partition coefficient (Wildman–Crippen LogP) is 4.96. The number of pyridine rings is 1. The Morgan fingerprint density at radius 3 is 2.71 bits per heavy atom. The van der Waals surface area contributed by atoms with Crippen molar-refractivity contribution in [3.63, 3.8) is 0 Å². The van der Waals surface area contributed by atoms with E-state index in [1.165, 1.54) is 7.11 Å². The number of aromatic nitrogens is 1. The Kier molecular flexibility index (Phi) is 6.01. The number of nitrogens with zero attached hydrogens (tertiary/aromatic N) is 1. The molecule has 28 heavy (non-hydrogen) atoms. The zero-order valence-electron chi connectivity index (χ0n) is 17.2. The summed E-state index contributed by atoms with van der Waals surface area (Å²) in [5.41, 5.74) is 3.93. The average Bonchev–Trinajstić information content (AvgIpc) is 2.99. The summed E-state index contributed by atoms with van der Waals surface area (Å²) < 4.78 is 25.0. The number of hydrogen-bond acceptors (Lipinski definition) is 6. The first-order chi connectivity index (χ1) is 13.3. The van der Waals surface area contributed by atoms with Gasteiger partial charge < -0.3 is 19.7 Å². The molecule has 0 amide bonds. The Morgan fingerprint density at radius 1 is 1.36 bits per heavy atom. The summed E-state index contributed by atoms with van der Waals surface area (Å²) >= 11 is 0. The summed E-state index contributed by atoms with van der Waals surface area (Å²) in [6.45, 7) is 8.67. The first-order valence-corrected chi connectivity index (χ1v) is 11.3. The molecule has 3 rings (SSSR count). The van der Waals surface area contributed by atoms with Crippen LogP contribution < -0.4 is 10.1 Å². The number of rotatable bonds is 6. The van der Waals surface area contributed by atoms with Crippen LogP contribution in [0.1, 0.15) is 41.5 Å². The van der Waals surface area contributed by atoms with Crippen molar-refractivity contribution < 1.29 is 18.9 Å². The number of hydrogen-bond donors (Lipinski definition) is 2. The molecule has 0 bridgehead atoms. The van der Waals surface area contributed by atoms with Crippen molar-refractivity contribution >= 4 is 13.1 Å². The topological polar surface area (TPSA) is 80.7 Å². The summed E-state index contributed by atoms with van der Waals surface area (Å²) in [6.07, 6.45) is 0.785. The number of benzene rings is 1. The van der Waals surface area contributed by atoms with Gasteiger partial charge in [0.2, 0.25) is 7.37 Å². The van der Waals surface area contributed by atoms with E-state index in [2.05, 4.69) is 10.3 Å². The van der Waals surface area contributed by atoms with Gasteiger partial charge in [0.25, 0.3) is 0 Å². The number of aromatic hydroxyl groups is 1. The van der Waals surface area contributed by atoms with E-state index >= 15 is 0 Å². The van der Waals surface area contributed by atoms with Gasteiger partial charge in [0, 0.05) is 17.9 Å². The Labute approximate surface area is 166 Å². The third-order valence-electron chi connectivity index (χ3n) is 5.48. The molecule has 0 spiro atoms. The molecule has 1 aromatic carbocycles. The zero-order chi connectivity index (χ0) is 20.5. The van der Waals surface area contributed by atoms with Crippen LogP contribution in [-0.4, -0.2) is 36.0 Å². The second-order valence-corrected chi connectivity index (χ2v) is 10.5. The fraction of sp³-hybridized carbons (Fsp3) is 0.476. The lowest BCUT2D eigenvalue weighted by Gasteiger charge is -2.28. The first kappa shape index (κ1) is 20.7. The van der Waals surface area contributed by atoms with Crippen molar-refractivity contribution in [3.05, 3.63) is 46.8 Å². The number of nitrogens with one attached hydrogen (secondary N) is 1. The van der Waals surface area contributed by atoms with Gasteiger partial charge in [0.15, 0.2) is 11.5 Å². The lowest BCUT2D eigenvalue weighted by Crippen LogP contribution is -2.17. The summed E-state index contributed by atoms with van der Waals surface area (Å²) in [6, 6.07) is 7.59. The molecular formula is C21H29N2O4P. The van der Waals surface area contributed by atoms with E-state index in [1.54, 1.807) is 6.07 Å². The standard InChI is InChI=1S/C21H29N2O4P/c1-13-10-17(11-19(26-5)21(13)24)20(28(25)15(3)8-9-27-28)12-22-18-7-6-14(2)23-16(18)4/h6-7,10-11,15,20,22,24H,8-9,12H2,1-5H3. The fourth-order valence-electron chi connectivity index (χ4n) is 3.73. The van der Waals surface area contributed by atoms with Crippen LogP contribution in [0.15, 0.2) is 24.3 Å². The molecule has 2 N–H and O–H groups in total. The van der Waals surface area contributed by atoms with E-state index in [9.17, 15) is 9.67 Å². The molecule has 1 saturated heterocycles. The van der Waals surface area contributed by atoms with Gasteiger partial charge in [0.05, 0.1) is 30.8 Å². The van der Waals surface area contributed by atoms with E-state index in [0.29, 0.717) is 24.5 Å². The van der Waals surface area contributed by atoms with Crippen LogP contribution in [0.3, 0.4) is 0 Å². The normalized spacial score (nSPS) is 22.8. The summed E-state index contributed by atoms with van der Waals surface area (Å²) in [5.74, 6) is 0.488. The molecule has 152 valence electrons. The van der Waals surface area contributed by atoms with E-state index in [0.717, 1.165) is 29.1 Å². The summed E-state index contributed by atoms with van der Waals surface area (Å²) in [4.78, 5) is 4.49. The lowest BCUT2D eigenvalue weighted by atomic mass is 10.1. The minimum Gasteiger partial charge on any atom is -0.504 e. The molecule has 2 heterocycles. The molecule has 1 fully saturated rings. The smallest absolute Gasteiger partial charge is 0.214 e. The van der Waals surface area contributed by atoms with Crippen LogP contribution in [0.25, 0.3) is 0 Å². The molecule has 7 heteroatoms. The third-order valence-corrected chi connectivity index (χ3v) is 8.90. The molecule has 2 aromatic rings. The Balaban J connectivity index is 1.99. The van der Waals surface area contributed by atoms with Crippen molar-refractivity contribution in [2.45, 2.75) is 45.4 Å². The van der Waals surface area contributed by atoms with Crippen LogP contribution in [0.5, 0.6) is 11.5 Å². The number of phenolic OH excluding ortho intramolecular Hbond substituents is 1. The van der Waals surface area contributed by atoms with E-state index in [4.69, 9.17) is 9.26 Å². The van der Waals surface area contributed by atoms with E-state index in [1.807, 2.05) is 45.9 Å². The van der Waals surface area contributed by atoms with Crippen LogP contribution in [-0.2, 0) is 9.09 Å². The van der Waals surface area contributed by atoms with Gasteiger partial charge in [-0.05, 0) is 56.5 Å². The van der Waals surface area contributed by atoms with Crippen LogP contribution in [0.2, 0.25) is 0 Å². The van der Waals surface area contributed by atoms with Gasteiger partial charge in [-0.2, -0.15) is 0 Å². The molecule has 0 saturated carbocycles. The molecule has 1 aliphatic rings. The van der Waals surface area contributed by atoms with Crippen LogP contribution in [0, 0.1) is 20.8 Å². The molecule has 6 nitrogen and oxygen atoms in total. The molecule has 1 aromatic heterocycles. The minimum atomic E-state index is -2.94. The maximum Gasteiger partial charge on any atom is 0.214 e. The molecular weight excluding hydrogens is 375 g/mol. The molecule has 3 atom stereocenters. The number of phenols is 1. The van der Waals surface area contributed by atoms with Crippen molar-refractivity contribution in [1.29, 1.82) is 0 Å². The van der Waals surface area contributed by atoms with Crippen molar-refractivity contribution in [2.24, 2.45) is 0 Å². The highest BCUT2D eigenvalue weighted by Crippen LogP contribution is 2.67. The molecule has 0 aliphatic carbocycles. The maximum absolute atomic E-state index is 13.8. The summed E-state index contributed by atoms with van der Waals surface area (Å²) in [5, 5.41) is 13.6. The minimum absolute atomic E-state index is 0.0170. The van der Waals surface area contributed by atoms with Crippen LogP contribution in [0.4, 0.5) is 5.69 Å². The van der Waals surface area contributed by atoms with E-state index in [-0.39, 0.29) is 17.1 Å². The Morgan fingerprint density at radius 2 is 2.11 bits per heavy atom. The number of anilines is 1. The highest BCUT2D eigenvalue weighted by atomic mass is 31.2. The van der Waals surface area contributed by atoms with E-state index < -0.39 is 7.37 Å². The number of ether oxygens (including phenoxy) is 1. The maximum atomic E-state index is 13.8. The number of methoxy groups -OCH3 is 1. The van der Waals surface area contributed by atoms with Gasteiger partial charge in [-0.15, -0.1) is 0 Å². The molecule has 1 aliphatic heterocycles. The monoisotopic (exact) mass is 404 g/mol. The van der Waals surface area contributed by atoms with Crippen molar-refractivity contribution in [2.75, 3.05) is 25.6 Å².